The van der Waals surface area contributed by atoms with E-state index in [0.717, 1.165) is 27.6 Å². The van der Waals surface area contributed by atoms with Crippen LogP contribution in [0.3, 0.4) is 0 Å². The Balaban J connectivity index is 1.50. The normalized spacial score (nSPS) is 15.2. The fraction of sp³-hybridized carbons (Fsp3) is 0.206. The lowest BCUT2D eigenvalue weighted by Crippen LogP contribution is -2.39. The number of methoxy groups -OCH3 is 1. The van der Waals surface area contributed by atoms with Crippen LogP contribution in [0.15, 0.2) is 94.0 Å². The molecule has 0 amide bonds. The number of benzene rings is 3. The van der Waals surface area contributed by atoms with E-state index in [2.05, 4.69) is 18.4 Å². The van der Waals surface area contributed by atoms with E-state index in [1.165, 1.54) is 24.0 Å². The van der Waals surface area contributed by atoms with Gasteiger partial charge in [0.2, 0.25) is 0 Å². The SMILES string of the molecule is COC(=O)C1=C(C)N=c2s/c(=C\c3cn(Cc4ccc(Cl)cc4Cl)c4ccccc34)c(=O)n2C1c1ccc(C(C)C)cc1. The smallest absolute Gasteiger partial charge is 0.338 e. The van der Waals surface area contributed by atoms with Gasteiger partial charge in [-0.25, -0.2) is 9.79 Å². The predicted octanol–water partition coefficient (Wildman–Crippen LogP) is 6.84. The molecule has 1 unspecified atom stereocenters. The Labute approximate surface area is 262 Å². The van der Waals surface area contributed by atoms with Crippen molar-refractivity contribution < 1.29 is 9.53 Å². The number of carbonyl (C=O) groups excluding carboxylic acids is 1. The molecule has 1 atom stereocenters. The Kier molecular flexibility index (Phi) is 7.90. The monoisotopic (exact) mass is 629 g/mol. The highest BCUT2D eigenvalue weighted by Crippen LogP contribution is 2.32. The molecule has 6 nitrogen and oxygen atoms in total. The molecule has 1 aliphatic heterocycles. The van der Waals surface area contributed by atoms with Gasteiger partial charge in [-0.15, -0.1) is 0 Å². The minimum absolute atomic E-state index is 0.215. The van der Waals surface area contributed by atoms with E-state index in [9.17, 15) is 9.59 Å². The van der Waals surface area contributed by atoms with Crippen LogP contribution in [0, 0.1) is 0 Å². The first-order valence-electron chi connectivity index (χ1n) is 13.9. The van der Waals surface area contributed by atoms with Crippen LogP contribution in [0.25, 0.3) is 17.0 Å². The zero-order valence-electron chi connectivity index (χ0n) is 24.1. The van der Waals surface area contributed by atoms with E-state index >= 15 is 0 Å². The molecule has 43 heavy (non-hydrogen) atoms. The lowest BCUT2D eigenvalue weighted by molar-refractivity contribution is -0.136. The van der Waals surface area contributed by atoms with Crippen molar-refractivity contribution in [3.63, 3.8) is 0 Å². The number of carbonyl (C=O) groups is 1. The van der Waals surface area contributed by atoms with Crippen molar-refractivity contribution in [1.29, 1.82) is 0 Å². The molecule has 6 rings (SSSR count). The molecular weight excluding hydrogens is 601 g/mol. The van der Waals surface area contributed by atoms with Crippen LogP contribution >= 0.6 is 34.5 Å². The van der Waals surface area contributed by atoms with Crippen molar-refractivity contribution >= 4 is 57.5 Å². The molecule has 0 saturated heterocycles. The summed E-state index contributed by atoms with van der Waals surface area (Å²) in [6.07, 6.45) is 3.93. The molecule has 218 valence electrons. The Hall–Kier alpha value is -3.91. The van der Waals surface area contributed by atoms with Gasteiger partial charge in [-0.05, 0) is 53.8 Å². The Morgan fingerprint density at radius 3 is 2.53 bits per heavy atom. The molecule has 1 aliphatic rings. The Bertz CT molecular complexity index is 2100. The van der Waals surface area contributed by atoms with Gasteiger partial charge >= 0.3 is 5.97 Å². The summed E-state index contributed by atoms with van der Waals surface area (Å²) in [5, 5.41) is 2.19. The van der Waals surface area contributed by atoms with E-state index in [0.29, 0.717) is 43.1 Å². The van der Waals surface area contributed by atoms with Crippen LogP contribution in [-0.4, -0.2) is 22.2 Å². The van der Waals surface area contributed by atoms with Crippen LogP contribution in [0.1, 0.15) is 55.0 Å². The minimum atomic E-state index is -0.652. The first kappa shape index (κ1) is 29.2. The van der Waals surface area contributed by atoms with Crippen LogP contribution in [-0.2, 0) is 16.1 Å². The second kappa shape index (κ2) is 11.6. The fourth-order valence-corrected chi connectivity index (χ4v) is 7.07. The molecular formula is C34H29Cl2N3O3S. The van der Waals surface area contributed by atoms with Crippen molar-refractivity contribution in [2.75, 3.05) is 7.11 Å². The molecule has 0 fully saturated rings. The zero-order chi connectivity index (χ0) is 30.4. The van der Waals surface area contributed by atoms with Crippen molar-refractivity contribution in [3.05, 3.63) is 136 Å². The molecule has 5 aromatic rings. The lowest BCUT2D eigenvalue weighted by Gasteiger charge is -2.24. The molecule has 0 saturated carbocycles. The number of allylic oxidation sites excluding steroid dienone is 1. The van der Waals surface area contributed by atoms with E-state index in [1.54, 1.807) is 17.6 Å². The minimum Gasteiger partial charge on any atom is -0.466 e. The highest BCUT2D eigenvalue weighted by Gasteiger charge is 2.33. The summed E-state index contributed by atoms with van der Waals surface area (Å²) in [6.45, 7) is 6.58. The number of hydrogen-bond donors (Lipinski definition) is 0. The highest BCUT2D eigenvalue weighted by molar-refractivity contribution is 7.07. The Morgan fingerprint density at radius 1 is 1.09 bits per heavy atom. The van der Waals surface area contributed by atoms with E-state index in [4.69, 9.17) is 32.9 Å². The molecule has 0 spiro atoms. The number of fused-ring (bicyclic) bond motifs is 2. The van der Waals surface area contributed by atoms with Gasteiger partial charge in [0, 0.05) is 39.3 Å². The van der Waals surface area contributed by atoms with Gasteiger partial charge in [0.1, 0.15) is 0 Å². The summed E-state index contributed by atoms with van der Waals surface area (Å²) in [6, 6.07) is 20.9. The highest BCUT2D eigenvalue weighted by atomic mass is 35.5. The first-order valence-corrected chi connectivity index (χ1v) is 15.5. The van der Waals surface area contributed by atoms with Crippen LogP contribution in [0.5, 0.6) is 0 Å². The standard InChI is InChI=1S/C34H29Cl2N3O3S/c1-19(2)21-9-11-22(12-10-21)31-30(33(41)42-4)20(3)37-34-39(31)32(40)29(43-34)15-24-18-38(28-8-6-5-7-26(24)28)17-23-13-14-25(35)16-27(23)36/h5-16,18-19,31H,17H2,1-4H3/b29-15-. The van der Waals surface area contributed by atoms with E-state index < -0.39 is 12.0 Å². The summed E-state index contributed by atoms with van der Waals surface area (Å²) in [7, 11) is 1.35. The zero-order valence-corrected chi connectivity index (χ0v) is 26.4. The van der Waals surface area contributed by atoms with Gasteiger partial charge in [-0.3, -0.25) is 9.36 Å². The maximum Gasteiger partial charge on any atom is 0.338 e. The summed E-state index contributed by atoms with van der Waals surface area (Å²) >= 11 is 13.9. The van der Waals surface area contributed by atoms with Gasteiger partial charge in [0.15, 0.2) is 4.80 Å². The summed E-state index contributed by atoms with van der Waals surface area (Å²) in [4.78, 5) is 32.4. The van der Waals surface area contributed by atoms with Crippen molar-refractivity contribution in [2.24, 2.45) is 4.99 Å². The molecule has 0 aliphatic carbocycles. The lowest BCUT2D eigenvalue weighted by atomic mass is 9.93. The first-order chi connectivity index (χ1) is 20.7. The third kappa shape index (κ3) is 5.37. The molecule has 2 aromatic heterocycles. The number of ether oxygens (including phenoxy) is 1. The third-order valence-electron chi connectivity index (χ3n) is 7.81. The summed E-state index contributed by atoms with van der Waals surface area (Å²) in [5.41, 5.74) is 5.52. The average molecular weight is 631 g/mol. The molecule has 0 radical (unpaired) electrons. The van der Waals surface area contributed by atoms with Crippen molar-refractivity contribution in [1.82, 2.24) is 9.13 Å². The number of hydrogen-bond acceptors (Lipinski definition) is 5. The second-order valence-electron chi connectivity index (χ2n) is 10.9. The molecule has 9 heteroatoms. The number of rotatable bonds is 6. The van der Waals surface area contributed by atoms with Gasteiger partial charge in [-0.2, -0.15) is 0 Å². The fourth-order valence-electron chi connectivity index (χ4n) is 5.57. The topological polar surface area (TPSA) is 65.6 Å². The number of thiazole rings is 1. The van der Waals surface area contributed by atoms with Gasteiger partial charge in [0.05, 0.1) is 29.0 Å². The molecule has 0 bridgehead atoms. The number of para-hydroxylation sites is 1. The van der Waals surface area contributed by atoms with Gasteiger partial charge < -0.3 is 9.30 Å². The molecule has 3 aromatic carbocycles. The van der Waals surface area contributed by atoms with Crippen LogP contribution in [0.4, 0.5) is 0 Å². The second-order valence-corrected chi connectivity index (χ2v) is 12.7. The summed E-state index contributed by atoms with van der Waals surface area (Å²) < 4.78 is 9.41. The van der Waals surface area contributed by atoms with Crippen molar-refractivity contribution in [2.45, 2.75) is 39.3 Å². The third-order valence-corrected chi connectivity index (χ3v) is 9.38. The van der Waals surface area contributed by atoms with E-state index in [-0.39, 0.29) is 5.56 Å². The number of nitrogens with zero attached hydrogens (tertiary/aromatic N) is 3. The summed E-state index contributed by atoms with van der Waals surface area (Å²) in [5.74, 6) is -0.149. The number of halogens is 2. The Morgan fingerprint density at radius 2 is 1.84 bits per heavy atom. The maximum atomic E-state index is 14.1. The van der Waals surface area contributed by atoms with Gasteiger partial charge in [-0.1, -0.05) is 96.9 Å². The van der Waals surface area contributed by atoms with Crippen LogP contribution in [0.2, 0.25) is 10.0 Å². The molecule has 0 N–H and O–H groups in total. The number of aromatic nitrogens is 2. The van der Waals surface area contributed by atoms with Crippen LogP contribution < -0.4 is 14.9 Å². The average Bonchev–Trinajstić information content (AvgIpc) is 3.49. The predicted molar refractivity (Wildman–Crippen MR) is 174 cm³/mol. The molecule has 3 heterocycles. The largest absolute Gasteiger partial charge is 0.466 e. The number of esters is 1. The quantitative estimate of drug-likeness (QED) is 0.193. The maximum absolute atomic E-state index is 14.1. The van der Waals surface area contributed by atoms with Crippen molar-refractivity contribution in [3.8, 4) is 0 Å². The van der Waals surface area contributed by atoms with Gasteiger partial charge in [0.25, 0.3) is 5.56 Å². The van der Waals surface area contributed by atoms with E-state index in [1.807, 2.05) is 72.9 Å².